The fourth-order valence-corrected chi connectivity index (χ4v) is 2.91. The van der Waals surface area contributed by atoms with Gasteiger partial charge in [0.25, 0.3) is 0 Å². The highest BCUT2D eigenvalue weighted by Gasteiger charge is 2.20. The Morgan fingerprint density at radius 1 is 1.06 bits per heavy atom. The van der Waals surface area contributed by atoms with Gasteiger partial charge < -0.3 is 5.32 Å². The Labute approximate surface area is 120 Å². The molecule has 0 aromatic heterocycles. The monoisotopic (exact) mass is 321 g/mol. The van der Waals surface area contributed by atoms with Gasteiger partial charge >= 0.3 is 0 Å². The Morgan fingerprint density at radius 2 is 1.72 bits per heavy atom. The fraction of sp³-hybridized carbons (Fsp3) is 0.200. The molecule has 0 bridgehead atoms. The Bertz CT molecular complexity index is 557. The lowest BCUT2D eigenvalue weighted by molar-refractivity contribution is 0.774. The van der Waals surface area contributed by atoms with Crippen LogP contribution in [0.2, 0.25) is 5.02 Å². The molecule has 0 fully saturated rings. The topological polar surface area (TPSA) is 12.0 Å². The average molecular weight is 323 g/mol. The van der Waals surface area contributed by atoms with Crippen molar-refractivity contribution >= 4 is 33.2 Å². The third-order valence-corrected chi connectivity index (χ3v) is 4.57. The molecule has 1 nitrogen and oxygen atoms in total. The number of anilines is 1. The fourth-order valence-electron chi connectivity index (χ4n) is 2.48. The lowest BCUT2D eigenvalue weighted by Gasteiger charge is -2.14. The number of rotatable bonds is 2. The number of hydrogen-bond acceptors (Lipinski definition) is 1. The average Bonchev–Trinajstić information content (AvgIpc) is 2.76. The van der Waals surface area contributed by atoms with E-state index in [4.69, 9.17) is 11.6 Å². The molecule has 0 saturated heterocycles. The van der Waals surface area contributed by atoms with Crippen LogP contribution in [0.4, 0.5) is 5.69 Å². The predicted molar refractivity (Wildman–Crippen MR) is 80.4 cm³/mol. The summed E-state index contributed by atoms with van der Waals surface area (Å²) in [6.45, 7) is 0. The smallest absolute Gasteiger partial charge is 0.0568 e. The molecular weight excluding hydrogens is 310 g/mol. The molecule has 92 valence electrons. The summed E-state index contributed by atoms with van der Waals surface area (Å²) in [4.78, 5) is 0. The van der Waals surface area contributed by atoms with E-state index in [2.05, 4.69) is 51.6 Å². The summed E-state index contributed by atoms with van der Waals surface area (Å²) in [5.74, 6) is 0. The van der Waals surface area contributed by atoms with Crippen molar-refractivity contribution < 1.29 is 0 Å². The minimum absolute atomic E-state index is 0.472. The second-order valence-corrected chi connectivity index (χ2v) is 5.91. The maximum Gasteiger partial charge on any atom is 0.0568 e. The molecule has 0 radical (unpaired) electrons. The summed E-state index contributed by atoms with van der Waals surface area (Å²) in [6.07, 6.45) is 2.17. The van der Waals surface area contributed by atoms with E-state index >= 15 is 0 Å². The zero-order chi connectivity index (χ0) is 12.5. The van der Waals surface area contributed by atoms with Crippen molar-refractivity contribution in [2.24, 2.45) is 0 Å². The van der Waals surface area contributed by atoms with Gasteiger partial charge in [0.15, 0.2) is 0 Å². The highest BCUT2D eigenvalue weighted by atomic mass is 79.9. The number of benzene rings is 2. The van der Waals surface area contributed by atoms with Crippen LogP contribution < -0.4 is 5.32 Å². The SMILES string of the molecule is Clc1cc(NC2Cc3ccccc3C2)ccc1Br. The highest BCUT2D eigenvalue weighted by molar-refractivity contribution is 9.10. The maximum absolute atomic E-state index is 6.10. The molecule has 1 aliphatic rings. The van der Waals surface area contributed by atoms with Crippen molar-refractivity contribution in [1.82, 2.24) is 0 Å². The largest absolute Gasteiger partial charge is 0.382 e. The molecule has 0 amide bonds. The van der Waals surface area contributed by atoms with E-state index < -0.39 is 0 Å². The van der Waals surface area contributed by atoms with Crippen molar-refractivity contribution in [2.75, 3.05) is 5.32 Å². The number of hydrogen-bond donors (Lipinski definition) is 1. The second kappa shape index (κ2) is 4.94. The van der Waals surface area contributed by atoms with Gasteiger partial charge in [-0.2, -0.15) is 0 Å². The third-order valence-electron chi connectivity index (χ3n) is 3.34. The number of halogens is 2. The molecule has 0 heterocycles. The van der Waals surface area contributed by atoms with Crippen LogP contribution in [0.3, 0.4) is 0 Å². The van der Waals surface area contributed by atoms with E-state index in [1.54, 1.807) is 0 Å². The van der Waals surface area contributed by atoms with E-state index in [1.165, 1.54) is 11.1 Å². The first kappa shape index (κ1) is 12.1. The molecule has 18 heavy (non-hydrogen) atoms. The molecule has 3 heteroatoms. The molecule has 0 aliphatic heterocycles. The zero-order valence-electron chi connectivity index (χ0n) is 9.79. The minimum atomic E-state index is 0.472. The van der Waals surface area contributed by atoms with Gasteiger partial charge in [-0.25, -0.2) is 0 Å². The lowest BCUT2D eigenvalue weighted by Crippen LogP contribution is -2.19. The van der Waals surface area contributed by atoms with Gasteiger partial charge in [0.2, 0.25) is 0 Å². The first-order chi connectivity index (χ1) is 8.72. The first-order valence-corrected chi connectivity index (χ1v) is 7.18. The summed E-state index contributed by atoms with van der Waals surface area (Å²) >= 11 is 9.51. The summed E-state index contributed by atoms with van der Waals surface area (Å²) in [5.41, 5.74) is 4.00. The van der Waals surface area contributed by atoms with Crippen LogP contribution in [0.1, 0.15) is 11.1 Å². The van der Waals surface area contributed by atoms with E-state index in [-0.39, 0.29) is 0 Å². The normalized spacial score (nSPS) is 14.6. The molecule has 2 aromatic rings. The Morgan fingerprint density at radius 3 is 2.33 bits per heavy atom. The van der Waals surface area contributed by atoms with E-state index in [0.717, 1.165) is 28.0 Å². The Hall–Kier alpha value is -0.990. The summed E-state index contributed by atoms with van der Waals surface area (Å²) in [6, 6.07) is 15.1. The van der Waals surface area contributed by atoms with Crippen LogP contribution in [0, 0.1) is 0 Å². The van der Waals surface area contributed by atoms with Crippen LogP contribution in [0.15, 0.2) is 46.9 Å². The maximum atomic E-state index is 6.10. The second-order valence-electron chi connectivity index (χ2n) is 4.65. The first-order valence-electron chi connectivity index (χ1n) is 6.01. The van der Waals surface area contributed by atoms with Gasteiger partial charge in [-0.3, -0.25) is 0 Å². The Balaban J connectivity index is 1.74. The zero-order valence-corrected chi connectivity index (χ0v) is 12.1. The molecule has 2 aromatic carbocycles. The molecule has 0 atom stereocenters. The van der Waals surface area contributed by atoms with Crippen LogP contribution in [-0.2, 0) is 12.8 Å². The van der Waals surface area contributed by atoms with Crippen molar-refractivity contribution in [3.63, 3.8) is 0 Å². The Kier molecular flexibility index (Phi) is 3.31. The van der Waals surface area contributed by atoms with Gasteiger partial charge in [0, 0.05) is 16.2 Å². The van der Waals surface area contributed by atoms with Crippen LogP contribution in [0.5, 0.6) is 0 Å². The molecular formula is C15H13BrClN. The molecule has 3 rings (SSSR count). The highest BCUT2D eigenvalue weighted by Crippen LogP contribution is 2.28. The van der Waals surface area contributed by atoms with Crippen LogP contribution >= 0.6 is 27.5 Å². The summed E-state index contributed by atoms with van der Waals surface area (Å²) in [5, 5.41) is 4.30. The van der Waals surface area contributed by atoms with E-state index in [9.17, 15) is 0 Å². The predicted octanol–water partition coefficient (Wildman–Crippen LogP) is 4.68. The summed E-state index contributed by atoms with van der Waals surface area (Å²) < 4.78 is 0.935. The number of nitrogens with one attached hydrogen (secondary N) is 1. The molecule has 1 N–H and O–H groups in total. The third kappa shape index (κ3) is 2.40. The molecule has 1 aliphatic carbocycles. The van der Waals surface area contributed by atoms with Gasteiger partial charge in [0.1, 0.15) is 0 Å². The van der Waals surface area contributed by atoms with Gasteiger partial charge in [-0.15, -0.1) is 0 Å². The minimum Gasteiger partial charge on any atom is -0.382 e. The van der Waals surface area contributed by atoms with Gasteiger partial charge in [0.05, 0.1) is 5.02 Å². The van der Waals surface area contributed by atoms with Gasteiger partial charge in [-0.05, 0) is 58.1 Å². The van der Waals surface area contributed by atoms with Crippen LogP contribution in [-0.4, -0.2) is 6.04 Å². The number of fused-ring (bicyclic) bond motifs is 1. The standard InChI is InChI=1S/C15H13BrClN/c16-14-6-5-12(9-15(14)17)18-13-7-10-3-1-2-4-11(10)8-13/h1-6,9,13,18H,7-8H2. The summed E-state index contributed by atoms with van der Waals surface area (Å²) in [7, 11) is 0. The lowest BCUT2D eigenvalue weighted by atomic mass is 10.1. The molecule has 0 unspecified atom stereocenters. The van der Waals surface area contributed by atoms with Crippen molar-refractivity contribution in [2.45, 2.75) is 18.9 Å². The van der Waals surface area contributed by atoms with Crippen molar-refractivity contribution in [3.05, 3.63) is 63.1 Å². The van der Waals surface area contributed by atoms with E-state index in [0.29, 0.717) is 6.04 Å². The van der Waals surface area contributed by atoms with Crippen LogP contribution in [0.25, 0.3) is 0 Å². The molecule has 0 saturated carbocycles. The van der Waals surface area contributed by atoms with Gasteiger partial charge in [-0.1, -0.05) is 35.9 Å². The molecule has 0 spiro atoms. The quantitative estimate of drug-likeness (QED) is 0.846. The van der Waals surface area contributed by atoms with Crippen molar-refractivity contribution in [1.29, 1.82) is 0 Å². The van der Waals surface area contributed by atoms with Crippen molar-refractivity contribution in [3.8, 4) is 0 Å². The van der Waals surface area contributed by atoms with E-state index in [1.807, 2.05) is 12.1 Å².